The van der Waals surface area contributed by atoms with Crippen LogP contribution < -0.4 is 0 Å². The molecule has 1 heteroatoms. The van der Waals surface area contributed by atoms with E-state index < -0.39 is 0 Å². The fourth-order valence-corrected chi connectivity index (χ4v) is 1.52. The second kappa shape index (κ2) is 8.28. The van der Waals surface area contributed by atoms with Crippen LogP contribution >= 0.6 is 0 Å². The van der Waals surface area contributed by atoms with Crippen molar-refractivity contribution >= 4 is 6.29 Å². The maximum atomic E-state index is 10.1. The highest BCUT2D eigenvalue weighted by molar-refractivity contribution is 5.49. The molecular weight excluding hydrogens is 160 g/mol. The number of carbonyl (C=O) groups excluding carboxylic acids is 1. The van der Waals surface area contributed by atoms with Gasteiger partial charge in [0.05, 0.1) is 0 Å². The Labute approximate surface area is 82.9 Å². The maximum absolute atomic E-state index is 10.1. The Morgan fingerprint density at radius 3 is 2.23 bits per heavy atom. The van der Waals surface area contributed by atoms with Gasteiger partial charge in [0.1, 0.15) is 6.29 Å². The Morgan fingerprint density at radius 1 is 1.08 bits per heavy atom. The Kier molecular flexibility index (Phi) is 8.07. The van der Waals surface area contributed by atoms with Gasteiger partial charge in [0, 0.05) is 6.42 Å². The minimum Gasteiger partial charge on any atom is -0.303 e. The first-order valence-electron chi connectivity index (χ1n) is 5.64. The van der Waals surface area contributed by atoms with Crippen molar-refractivity contribution in [3.05, 3.63) is 0 Å². The maximum Gasteiger partial charge on any atom is 0.120 e. The second-order valence-electron chi connectivity index (χ2n) is 4.29. The lowest BCUT2D eigenvalue weighted by Crippen LogP contribution is -1.98. The van der Waals surface area contributed by atoms with Gasteiger partial charge in [0.25, 0.3) is 0 Å². The third kappa shape index (κ3) is 8.01. The van der Waals surface area contributed by atoms with Crippen LogP contribution in [0.3, 0.4) is 0 Å². The zero-order valence-electron chi connectivity index (χ0n) is 9.38. The normalized spacial score (nSPS) is 15.3. The number of carbonyl (C=O) groups is 1. The predicted octanol–water partition coefficient (Wildman–Crippen LogP) is 3.82. The zero-order chi connectivity index (χ0) is 10.1. The summed E-state index contributed by atoms with van der Waals surface area (Å²) in [4.78, 5) is 10.1. The van der Waals surface area contributed by atoms with E-state index in [1.54, 1.807) is 0 Å². The zero-order valence-corrected chi connectivity index (χ0v) is 9.38. The van der Waals surface area contributed by atoms with E-state index in [0.29, 0.717) is 0 Å². The van der Waals surface area contributed by atoms with Gasteiger partial charge >= 0.3 is 0 Å². The van der Waals surface area contributed by atoms with Crippen LogP contribution in [0.25, 0.3) is 0 Å². The molecule has 0 spiro atoms. The molecule has 0 radical (unpaired) electrons. The summed E-state index contributed by atoms with van der Waals surface area (Å²) in [5, 5.41) is 0. The summed E-state index contributed by atoms with van der Waals surface area (Å²) in [7, 11) is 0. The second-order valence-corrected chi connectivity index (χ2v) is 4.29. The molecule has 78 valence electrons. The molecular formula is C12H24O. The first-order valence-corrected chi connectivity index (χ1v) is 5.64. The van der Waals surface area contributed by atoms with E-state index in [2.05, 4.69) is 20.8 Å². The first kappa shape index (κ1) is 12.7. The Hall–Kier alpha value is -0.330. The number of hydrogen-bond donors (Lipinski definition) is 0. The lowest BCUT2D eigenvalue weighted by atomic mass is 9.95. The molecule has 0 aromatic rings. The molecule has 0 aromatic heterocycles. The van der Waals surface area contributed by atoms with Crippen LogP contribution in [0.1, 0.15) is 59.3 Å². The fraction of sp³-hybridized carbons (Fsp3) is 0.917. The summed E-state index contributed by atoms with van der Waals surface area (Å²) in [5.41, 5.74) is 0. The van der Waals surface area contributed by atoms with Gasteiger partial charge in [-0.15, -0.1) is 0 Å². The van der Waals surface area contributed by atoms with Crippen molar-refractivity contribution in [3.63, 3.8) is 0 Å². The summed E-state index contributed by atoms with van der Waals surface area (Å²) in [6.07, 6.45) is 8.11. The van der Waals surface area contributed by atoms with Crippen LogP contribution in [0.15, 0.2) is 0 Å². The van der Waals surface area contributed by atoms with Crippen LogP contribution in [0.2, 0.25) is 0 Å². The van der Waals surface area contributed by atoms with Gasteiger partial charge in [-0.2, -0.15) is 0 Å². The molecule has 0 fully saturated rings. The molecule has 0 N–H and O–H groups in total. The van der Waals surface area contributed by atoms with Crippen molar-refractivity contribution in [2.75, 3.05) is 0 Å². The van der Waals surface area contributed by atoms with E-state index in [1.807, 2.05) is 0 Å². The van der Waals surface area contributed by atoms with Crippen molar-refractivity contribution in [3.8, 4) is 0 Å². The number of rotatable bonds is 8. The fourth-order valence-electron chi connectivity index (χ4n) is 1.52. The Balaban J connectivity index is 3.25. The first-order chi connectivity index (χ1) is 6.20. The van der Waals surface area contributed by atoms with Crippen LogP contribution in [0.4, 0.5) is 0 Å². The van der Waals surface area contributed by atoms with E-state index in [9.17, 15) is 4.79 Å². The summed E-state index contributed by atoms with van der Waals surface area (Å²) in [5.74, 6) is 1.60. The van der Waals surface area contributed by atoms with Crippen molar-refractivity contribution in [1.29, 1.82) is 0 Å². The average molecular weight is 184 g/mol. The molecule has 0 aliphatic carbocycles. The monoisotopic (exact) mass is 184 g/mol. The molecule has 0 rings (SSSR count). The van der Waals surface area contributed by atoms with Gasteiger partial charge in [0.15, 0.2) is 0 Å². The largest absolute Gasteiger partial charge is 0.303 e. The van der Waals surface area contributed by atoms with Crippen molar-refractivity contribution in [2.24, 2.45) is 11.8 Å². The molecule has 13 heavy (non-hydrogen) atoms. The third-order valence-electron chi connectivity index (χ3n) is 2.87. The number of aldehydes is 1. The summed E-state index contributed by atoms with van der Waals surface area (Å²) >= 11 is 0. The van der Waals surface area contributed by atoms with Crippen molar-refractivity contribution < 1.29 is 4.79 Å². The third-order valence-corrected chi connectivity index (χ3v) is 2.87. The summed E-state index contributed by atoms with van der Waals surface area (Å²) in [6, 6.07) is 0. The SMILES string of the molecule is CC[C@@H](C)CCC[C@@H](C)CCC=O. The lowest BCUT2D eigenvalue weighted by Gasteiger charge is -2.11. The molecule has 0 aliphatic heterocycles. The minimum atomic E-state index is 0.731. The minimum absolute atomic E-state index is 0.731. The predicted molar refractivity (Wildman–Crippen MR) is 57.8 cm³/mol. The van der Waals surface area contributed by atoms with E-state index in [1.165, 1.54) is 25.7 Å². The lowest BCUT2D eigenvalue weighted by molar-refractivity contribution is -0.108. The standard InChI is InChI=1S/C12H24O/c1-4-11(2)7-5-8-12(3)9-6-10-13/h10-12H,4-9H2,1-3H3/t11-,12-/m1/s1. The molecule has 2 atom stereocenters. The highest BCUT2D eigenvalue weighted by atomic mass is 16.1. The van der Waals surface area contributed by atoms with E-state index in [4.69, 9.17) is 0 Å². The van der Waals surface area contributed by atoms with Crippen LogP contribution in [-0.4, -0.2) is 6.29 Å². The summed E-state index contributed by atoms with van der Waals surface area (Å²) in [6.45, 7) is 6.82. The highest BCUT2D eigenvalue weighted by Gasteiger charge is 2.03. The van der Waals surface area contributed by atoms with Crippen molar-refractivity contribution in [1.82, 2.24) is 0 Å². The van der Waals surface area contributed by atoms with Gasteiger partial charge in [-0.25, -0.2) is 0 Å². The van der Waals surface area contributed by atoms with Gasteiger partial charge in [0.2, 0.25) is 0 Å². The topological polar surface area (TPSA) is 17.1 Å². The molecule has 0 heterocycles. The summed E-state index contributed by atoms with van der Waals surface area (Å²) < 4.78 is 0. The van der Waals surface area contributed by atoms with Gasteiger partial charge in [-0.1, -0.05) is 46.5 Å². The Morgan fingerprint density at radius 2 is 1.69 bits per heavy atom. The molecule has 0 aromatic carbocycles. The molecule has 0 aliphatic rings. The van der Waals surface area contributed by atoms with E-state index in [0.717, 1.165) is 31.0 Å². The van der Waals surface area contributed by atoms with Gasteiger partial charge in [-0.3, -0.25) is 0 Å². The smallest absolute Gasteiger partial charge is 0.120 e. The van der Waals surface area contributed by atoms with E-state index >= 15 is 0 Å². The van der Waals surface area contributed by atoms with Crippen molar-refractivity contribution in [2.45, 2.75) is 59.3 Å². The van der Waals surface area contributed by atoms with Gasteiger partial charge < -0.3 is 4.79 Å². The molecule has 1 nitrogen and oxygen atoms in total. The molecule has 0 unspecified atom stereocenters. The van der Waals surface area contributed by atoms with E-state index in [-0.39, 0.29) is 0 Å². The highest BCUT2D eigenvalue weighted by Crippen LogP contribution is 2.17. The van der Waals surface area contributed by atoms with Crippen LogP contribution in [0, 0.1) is 11.8 Å². The molecule has 0 saturated heterocycles. The molecule has 0 saturated carbocycles. The molecule has 0 bridgehead atoms. The van der Waals surface area contributed by atoms with Gasteiger partial charge in [-0.05, 0) is 18.3 Å². The van der Waals surface area contributed by atoms with Crippen LogP contribution in [-0.2, 0) is 4.79 Å². The quantitative estimate of drug-likeness (QED) is 0.524. The molecule has 0 amide bonds. The Bertz CT molecular complexity index is 120. The van der Waals surface area contributed by atoms with Crippen LogP contribution in [0.5, 0.6) is 0 Å². The average Bonchev–Trinajstić information content (AvgIpc) is 2.14. The number of hydrogen-bond acceptors (Lipinski definition) is 1.